The number of piperazine rings is 1. The third kappa shape index (κ3) is 2.60. The summed E-state index contributed by atoms with van der Waals surface area (Å²) >= 11 is 1.63. The number of nitrogens with one attached hydrogen (secondary N) is 1. The Kier molecular flexibility index (Phi) is 3.60. The number of morpholine rings is 1. The van der Waals surface area contributed by atoms with Gasteiger partial charge in [-0.3, -0.25) is 0 Å². The Labute approximate surface area is 160 Å². The van der Waals surface area contributed by atoms with Gasteiger partial charge in [0.15, 0.2) is 5.65 Å². The minimum Gasteiger partial charge on any atom is -0.378 e. The van der Waals surface area contributed by atoms with E-state index < -0.39 is 0 Å². The molecule has 27 heavy (non-hydrogen) atoms. The van der Waals surface area contributed by atoms with E-state index >= 15 is 0 Å². The van der Waals surface area contributed by atoms with Gasteiger partial charge in [0.2, 0.25) is 5.95 Å². The summed E-state index contributed by atoms with van der Waals surface area (Å²) in [4.78, 5) is 14.1. The highest BCUT2D eigenvalue weighted by Crippen LogP contribution is 2.31. The van der Waals surface area contributed by atoms with Crippen molar-refractivity contribution >= 4 is 28.6 Å². The number of thiazole rings is 1. The van der Waals surface area contributed by atoms with Gasteiger partial charge in [-0.15, -0.1) is 16.4 Å². The lowest BCUT2D eigenvalue weighted by Crippen LogP contribution is -2.67. The van der Waals surface area contributed by atoms with E-state index in [0.29, 0.717) is 12.1 Å². The normalized spacial score (nSPS) is 25.0. The van der Waals surface area contributed by atoms with Gasteiger partial charge in [-0.05, 0) is 18.6 Å². The van der Waals surface area contributed by atoms with Crippen LogP contribution < -0.4 is 15.1 Å². The van der Waals surface area contributed by atoms with Crippen LogP contribution in [0.4, 0.5) is 11.6 Å². The Morgan fingerprint density at radius 1 is 1.11 bits per heavy atom. The van der Waals surface area contributed by atoms with Crippen molar-refractivity contribution in [1.29, 1.82) is 0 Å². The molecule has 7 heterocycles. The van der Waals surface area contributed by atoms with Crippen LogP contribution >= 0.6 is 11.3 Å². The lowest BCUT2D eigenvalue weighted by atomic mass is 9.92. The third-order valence-corrected chi connectivity index (χ3v) is 6.46. The summed E-state index contributed by atoms with van der Waals surface area (Å²) in [6.45, 7) is 5.23. The van der Waals surface area contributed by atoms with Crippen molar-refractivity contribution < 1.29 is 4.74 Å². The molecule has 0 spiro atoms. The second-order valence-electron chi connectivity index (χ2n) is 7.39. The van der Waals surface area contributed by atoms with Gasteiger partial charge in [-0.25, -0.2) is 9.50 Å². The number of hydrogen-bond acceptors (Lipinski definition) is 8. The average molecular weight is 383 g/mol. The predicted octanol–water partition coefficient (Wildman–Crippen LogP) is 1.24. The molecule has 3 aromatic rings. The molecule has 4 saturated heterocycles. The monoisotopic (exact) mass is 383 g/mol. The van der Waals surface area contributed by atoms with Gasteiger partial charge in [-0.2, -0.15) is 4.98 Å². The fourth-order valence-electron chi connectivity index (χ4n) is 4.31. The Morgan fingerprint density at radius 2 is 1.93 bits per heavy atom. The van der Waals surface area contributed by atoms with Crippen LogP contribution in [0.25, 0.3) is 16.3 Å². The predicted molar refractivity (Wildman–Crippen MR) is 105 cm³/mol. The molecule has 0 aromatic carbocycles. The zero-order chi connectivity index (χ0) is 17.8. The molecule has 4 aliphatic rings. The molecular formula is C18H21N7OS. The molecule has 2 atom stereocenters. The van der Waals surface area contributed by atoms with Crippen molar-refractivity contribution in [1.82, 2.24) is 24.9 Å². The van der Waals surface area contributed by atoms with Crippen LogP contribution in [0.3, 0.4) is 0 Å². The van der Waals surface area contributed by atoms with Gasteiger partial charge < -0.3 is 19.9 Å². The van der Waals surface area contributed by atoms with E-state index in [1.807, 2.05) is 16.1 Å². The van der Waals surface area contributed by atoms with E-state index in [-0.39, 0.29) is 0 Å². The summed E-state index contributed by atoms with van der Waals surface area (Å²) in [5.41, 5.74) is 3.03. The molecule has 0 radical (unpaired) electrons. The van der Waals surface area contributed by atoms with Crippen molar-refractivity contribution in [3.05, 3.63) is 23.7 Å². The van der Waals surface area contributed by atoms with Gasteiger partial charge in [0, 0.05) is 49.8 Å². The summed E-state index contributed by atoms with van der Waals surface area (Å²) in [5, 5.41) is 11.5. The SMILES string of the molecule is c1csc(-c2ccc(N3CCOCC3)c3nc(N4CC5CC(C4)N5)nn23)n1. The Balaban J connectivity index is 1.47. The minimum absolute atomic E-state index is 0.576. The molecule has 4 aliphatic heterocycles. The summed E-state index contributed by atoms with van der Waals surface area (Å²) in [7, 11) is 0. The summed E-state index contributed by atoms with van der Waals surface area (Å²) in [6, 6.07) is 5.43. The number of hydrogen-bond donors (Lipinski definition) is 1. The lowest BCUT2D eigenvalue weighted by Gasteiger charge is -2.47. The zero-order valence-corrected chi connectivity index (χ0v) is 15.7. The average Bonchev–Trinajstić information content (AvgIpc) is 3.38. The molecule has 2 unspecified atom stereocenters. The number of anilines is 2. The van der Waals surface area contributed by atoms with Gasteiger partial charge in [-0.1, -0.05) is 0 Å². The van der Waals surface area contributed by atoms with Crippen molar-refractivity contribution in [2.75, 3.05) is 49.2 Å². The first-order valence-electron chi connectivity index (χ1n) is 9.48. The fourth-order valence-corrected chi connectivity index (χ4v) is 4.96. The van der Waals surface area contributed by atoms with Gasteiger partial charge in [0.05, 0.1) is 18.9 Å². The first-order chi connectivity index (χ1) is 13.3. The molecule has 1 N–H and O–H groups in total. The highest BCUT2D eigenvalue weighted by atomic mass is 32.1. The topological polar surface area (TPSA) is 70.8 Å². The van der Waals surface area contributed by atoms with E-state index in [4.69, 9.17) is 14.8 Å². The molecule has 4 fully saturated rings. The first kappa shape index (κ1) is 15.8. The first-order valence-corrected chi connectivity index (χ1v) is 10.4. The van der Waals surface area contributed by atoms with Crippen molar-refractivity contribution in [3.8, 4) is 10.7 Å². The largest absolute Gasteiger partial charge is 0.378 e. The number of fused-ring (bicyclic) bond motifs is 3. The molecular weight excluding hydrogens is 362 g/mol. The second kappa shape index (κ2) is 6.15. The Morgan fingerprint density at radius 3 is 2.67 bits per heavy atom. The lowest BCUT2D eigenvalue weighted by molar-refractivity contribution is 0.123. The zero-order valence-electron chi connectivity index (χ0n) is 14.9. The van der Waals surface area contributed by atoms with Crippen LogP contribution in [0.1, 0.15) is 6.42 Å². The minimum atomic E-state index is 0.576. The summed E-state index contributed by atoms with van der Waals surface area (Å²) < 4.78 is 7.50. The van der Waals surface area contributed by atoms with Crippen molar-refractivity contribution in [2.45, 2.75) is 18.5 Å². The quantitative estimate of drug-likeness (QED) is 0.730. The van der Waals surface area contributed by atoms with Gasteiger partial charge in [0.1, 0.15) is 10.7 Å². The molecule has 7 rings (SSSR count). The van der Waals surface area contributed by atoms with Crippen LogP contribution in [-0.2, 0) is 4.74 Å². The number of rotatable bonds is 3. The smallest absolute Gasteiger partial charge is 0.245 e. The Bertz CT molecular complexity index is 950. The number of piperidine rings is 1. The van der Waals surface area contributed by atoms with Crippen LogP contribution in [0.15, 0.2) is 23.7 Å². The van der Waals surface area contributed by atoms with Crippen LogP contribution in [0.2, 0.25) is 0 Å². The van der Waals surface area contributed by atoms with E-state index in [2.05, 4.69) is 32.2 Å². The van der Waals surface area contributed by atoms with Crippen LogP contribution in [-0.4, -0.2) is 71.1 Å². The van der Waals surface area contributed by atoms with Crippen molar-refractivity contribution in [3.63, 3.8) is 0 Å². The van der Waals surface area contributed by atoms with Gasteiger partial charge >= 0.3 is 0 Å². The highest BCUT2D eigenvalue weighted by Gasteiger charge is 2.38. The molecule has 0 saturated carbocycles. The molecule has 9 heteroatoms. The number of ether oxygens (including phenoxy) is 1. The molecule has 0 aliphatic carbocycles. The van der Waals surface area contributed by atoms with Gasteiger partial charge in [0.25, 0.3) is 0 Å². The van der Waals surface area contributed by atoms with Crippen molar-refractivity contribution in [2.24, 2.45) is 0 Å². The number of nitrogens with zero attached hydrogens (tertiary/aromatic N) is 6. The standard InChI is InChI=1S/C18H21N7OS/c1-2-15(17-19-3-8-27-17)25-16(14(1)23-4-6-26-7-5-23)21-18(22-25)24-10-12-9-13(11-24)20-12/h1-3,8,12-13,20H,4-7,9-11H2. The maximum absolute atomic E-state index is 5.52. The van der Waals surface area contributed by atoms with E-state index in [1.165, 1.54) is 6.42 Å². The maximum Gasteiger partial charge on any atom is 0.245 e. The van der Waals surface area contributed by atoms with E-state index in [0.717, 1.165) is 67.4 Å². The summed E-state index contributed by atoms with van der Waals surface area (Å²) in [5.74, 6) is 0.824. The van der Waals surface area contributed by atoms with E-state index in [9.17, 15) is 0 Å². The molecule has 2 bridgehead atoms. The van der Waals surface area contributed by atoms with Crippen LogP contribution in [0.5, 0.6) is 0 Å². The maximum atomic E-state index is 5.52. The number of pyridine rings is 1. The van der Waals surface area contributed by atoms with Crippen LogP contribution in [0, 0.1) is 0 Å². The van der Waals surface area contributed by atoms with E-state index in [1.54, 1.807) is 11.3 Å². The third-order valence-electron chi connectivity index (χ3n) is 5.66. The molecule has 0 amide bonds. The molecule has 140 valence electrons. The Hall–Kier alpha value is -2.23. The molecule has 8 nitrogen and oxygen atoms in total. The highest BCUT2D eigenvalue weighted by molar-refractivity contribution is 7.13. The molecule has 3 aromatic heterocycles. The fraction of sp³-hybridized carbons (Fsp3) is 0.500. The number of aromatic nitrogens is 4. The second-order valence-corrected chi connectivity index (χ2v) is 8.28. The summed E-state index contributed by atoms with van der Waals surface area (Å²) in [6.07, 6.45) is 3.11.